The van der Waals surface area contributed by atoms with Gasteiger partial charge in [-0.15, -0.1) is 0 Å². The van der Waals surface area contributed by atoms with Crippen LogP contribution >= 0.6 is 23.4 Å². The van der Waals surface area contributed by atoms with E-state index in [2.05, 4.69) is 0 Å². The second-order valence-corrected chi connectivity index (χ2v) is 4.55. The van der Waals surface area contributed by atoms with Crippen LogP contribution in [-0.4, -0.2) is 23.5 Å². The first-order chi connectivity index (χ1) is 6.72. The topological polar surface area (TPSA) is 46.2 Å². The predicted octanol–water partition coefficient (Wildman–Crippen LogP) is 1.89. The zero-order valence-corrected chi connectivity index (χ0v) is 9.39. The lowest BCUT2D eigenvalue weighted by Crippen LogP contribution is -2.26. The lowest BCUT2D eigenvalue weighted by molar-refractivity contribution is 0.275. The number of aliphatic hydroxyl groups excluding tert-OH is 1. The van der Waals surface area contributed by atoms with Crippen molar-refractivity contribution < 1.29 is 5.11 Å². The van der Waals surface area contributed by atoms with E-state index in [-0.39, 0.29) is 12.6 Å². The Balaban J connectivity index is 2.28. The largest absolute Gasteiger partial charge is 0.395 e. The molecule has 0 saturated carbocycles. The Labute approximate surface area is 93.5 Å². The fraction of sp³-hybridized carbons (Fsp3) is 0.400. The lowest BCUT2D eigenvalue weighted by atomic mass is 10.2. The highest BCUT2D eigenvalue weighted by molar-refractivity contribution is 7.98. The Kier molecular flexibility index (Phi) is 5.33. The molecular formula is C10H14ClNOS. The number of benzene rings is 1. The summed E-state index contributed by atoms with van der Waals surface area (Å²) in [6.45, 7) is 0.0492. The number of rotatable bonds is 5. The maximum atomic E-state index is 8.71. The van der Waals surface area contributed by atoms with Crippen molar-refractivity contribution in [3.05, 3.63) is 34.9 Å². The molecule has 2 nitrogen and oxygen atoms in total. The SMILES string of the molecule is NC(CO)CSCc1ccc(Cl)cc1. The van der Waals surface area contributed by atoms with E-state index < -0.39 is 0 Å². The molecule has 4 heteroatoms. The molecule has 1 unspecified atom stereocenters. The number of halogens is 1. The molecule has 1 rings (SSSR count). The minimum atomic E-state index is -0.118. The van der Waals surface area contributed by atoms with E-state index >= 15 is 0 Å². The van der Waals surface area contributed by atoms with Gasteiger partial charge in [0.15, 0.2) is 0 Å². The summed E-state index contributed by atoms with van der Waals surface area (Å²) in [5, 5.41) is 9.47. The van der Waals surface area contributed by atoms with Crippen LogP contribution in [0.1, 0.15) is 5.56 Å². The second-order valence-electron chi connectivity index (χ2n) is 3.08. The Morgan fingerprint density at radius 3 is 2.57 bits per heavy atom. The standard InChI is InChI=1S/C10H14ClNOS/c11-9-3-1-8(2-4-9)6-14-7-10(12)5-13/h1-4,10,13H,5-7,12H2. The number of nitrogens with two attached hydrogens (primary N) is 1. The van der Waals surface area contributed by atoms with Crippen LogP contribution in [0.5, 0.6) is 0 Å². The third kappa shape index (κ3) is 4.33. The van der Waals surface area contributed by atoms with Crippen molar-refractivity contribution in [2.24, 2.45) is 5.73 Å². The predicted molar refractivity (Wildman–Crippen MR) is 62.7 cm³/mol. The van der Waals surface area contributed by atoms with Crippen LogP contribution in [0.3, 0.4) is 0 Å². The zero-order chi connectivity index (χ0) is 10.4. The Hall–Kier alpha value is -0.220. The monoisotopic (exact) mass is 231 g/mol. The van der Waals surface area contributed by atoms with Crippen molar-refractivity contribution in [2.45, 2.75) is 11.8 Å². The van der Waals surface area contributed by atoms with Crippen LogP contribution in [0.15, 0.2) is 24.3 Å². The van der Waals surface area contributed by atoms with Crippen LogP contribution in [0, 0.1) is 0 Å². The fourth-order valence-corrected chi connectivity index (χ4v) is 2.04. The van der Waals surface area contributed by atoms with E-state index in [0.717, 1.165) is 16.5 Å². The van der Waals surface area contributed by atoms with Crippen molar-refractivity contribution in [3.8, 4) is 0 Å². The van der Waals surface area contributed by atoms with Gasteiger partial charge in [-0.05, 0) is 17.7 Å². The molecule has 0 fully saturated rings. The summed E-state index contributed by atoms with van der Waals surface area (Å²) in [4.78, 5) is 0. The van der Waals surface area contributed by atoms with E-state index in [1.807, 2.05) is 24.3 Å². The smallest absolute Gasteiger partial charge is 0.0590 e. The Morgan fingerprint density at radius 1 is 1.36 bits per heavy atom. The molecule has 0 amide bonds. The van der Waals surface area contributed by atoms with Crippen LogP contribution in [0.25, 0.3) is 0 Å². The highest BCUT2D eigenvalue weighted by Crippen LogP contribution is 2.15. The molecule has 0 radical (unpaired) electrons. The van der Waals surface area contributed by atoms with Gasteiger partial charge in [0.25, 0.3) is 0 Å². The van der Waals surface area contributed by atoms with Gasteiger partial charge in [-0.1, -0.05) is 23.7 Å². The molecule has 0 saturated heterocycles. The molecule has 78 valence electrons. The van der Waals surface area contributed by atoms with Crippen LogP contribution < -0.4 is 5.73 Å². The van der Waals surface area contributed by atoms with Gasteiger partial charge in [0.1, 0.15) is 0 Å². The molecule has 1 atom stereocenters. The normalized spacial score (nSPS) is 12.8. The first kappa shape index (κ1) is 11.9. The molecule has 0 aliphatic rings. The van der Waals surface area contributed by atoms with Gasteiger partial charge in [-0.2, -0.15) is 11.8 Å². The fourth-order valence-electron chi connectivity index (χ4n) is 0.961. The van der Waals surface area contributed by atoms with Crippen molar-refractivity contribution in [2.75, 3.05) is 12.4 Å². The average Bonchev–Trinajstić information content (AvgIpc) is 2.21. The zero-order valence-electron chi connectivity index (χ0n) is 7.82. The molecule has 0 bridgehead atoms. The van der Waals surface area contributed by atoms with Gasteiger partial charge in [-0.3, -0.25) is 0 Å². The van der Waals surface area contributed by atoms with Gasteiger partial charge in [0, 0.05) is 22.6 Å². The molecule has 3 N–H and O–H groups in total. The number of hydrogen-bond acceptors (Lipinski definition) is 3. The summed E-state index contributed by atoms with van der Waals surface area (Å²) in [6, 6.07) is 7.64. The van der Waals surface area contributed by atoms with Gasteiger partial charge < -0.3 is 10.8 Å². The molecular weight excluding hydrogens is 218 g/mol. The van der Waals surface area contributed by atoms with Crippen molar-refractivity contribution in [1.29, 1.82) is 0 Å². The van der Waals surface area contributed by atoms with Crippen LogP contribution in [0.2, 0.25) is 5.02 Å². The van der Waals surface area contributed by atoms with E-state index in [1.165, 1.54) is 5.56 Å². The van der Waals surface area contributed by atoms with Gasteiger partial charge in [0.2, 0.25) is 0 Å². The maximum Gasteiger partial charge on any atom is 0.0590 e. The second kappa shape index (κ2) is 6.30. The molecule has 0 heterocycles. The molecule has 0 aromatic heterocycles. The summed E-state index contributed by atoms with van der Waals surface area (Å²) >= 11 is 7.48. The summed E-state index contributed by atoms with van der Waals surface area (Å²) in [7, 11) is 0. The quantitative estimate of drug-likeness (QED) is 0.814. The lowest BCUT2D eigenvalue weighted by Gasteiger charge is -2.07. The minimum absolute atomic E-state index is 0.0492. The van der Waals surface area contributed by atoms with Gasteiger partial charge in [0.05, 0.1) is 6.61 Å². The number of hydrogen-bond donors (Lipinski definition) is 2. The Morgan fingerprint density at radius 2 is 2.00 bits per heavy atom. The van der Waals surface area contributed by atoms with Crippen molar-refractivity contribution >= 4 is 23.4 Å². The first-order valence-electron chi connectivity index (χ1n) is 4.41. The first-order valence-corrected chi connectivity index (χ1v) is 5.94. The highest BCUT2D eigenvalue weighted by atomic mass is 35.5. The minimum Gasteiger partial charge on any atom is -0.395 e. The van der Waals surface area contributed by atoms with Crippen LogP contribution in [0.4, 0.5) is 0 Å². The third-order valence-corrected chi connectivity index (χ3v) is 3.20. The van der Waals surface area contributed by atoms with E-state index in [4.69, 9.17) is 22.4 Å². The van der Waals surface area contributed by atoms with Gasteiger partial charge >= 0.3 is 0 Å². The molecule has 0 spiro atoms. The molecule has 0 aliphatic heterocycles. The highest BCUT2D eigenvalue weighted by Gasteiger charge is 2.00. The maximum absolute atomic E-state index is 8.71. The van der Waals surface area contributed by atoms with E-state index in [0.29, 0.717) is 0 Å². The van der Waals surface area contributed by atoms with Crippen molar-refractivity contribution in [1.82, 2.24) is 0 Å². The molecule has 0 aliphatic carbocycles. The summed E-state index contributed by atoms with van der Waals surface area (Å²) < 4.78 is 0. The molecule has 1 aromatic carbocycles. The van der Waals surface area contributed by atoms with Gasteiger partial charge in [-0.25, -0.2) is 0 Å². The van der Waals surface area contributed by atoms with E-state index in [9.17, 15) is 0 Å². The summed E-state index contributed by atoms with van der Waals surface area (Å²) in [5.74, 6) is 1.68. The molecule has 14 heavy (non-hydrogen) atoms. The summed E-state index contributed by atoms with van der Waals surface area (Å²) in [6.07, 6.45) is 0. The molecule has 1 aromatic rings. The Bertz CT molecular complexity index is 265. The summed E-state index contributed by atoms with van der Waals surface area (Å²) in [5.41, 5.74) is 6.80. The number of aliphatic hydroxyl groups is 1. The third-order valence-electron chi connectivity index (χ3n) is 1.75. The van der Waals surface area contributed by atoms with Crippen LogP contribution in [-0.2, 0) is 5.75 Å². The van der Waals surface area contributed by atoms with E-state index in [1.54, 1.807) is 11.8 Å². The average molecular weight is 232 g/mol. The van der Waals surface area contributed by atoms with Crippen molar-refractivity contribution in [3.63, 3.8) is 0 Å². The number of thioether (sulfide) groups is 1.